The highest BCUT2D eigenvalue weighted by Crippen LogP contribution is 2.62. The predicted octanol–water partition coefficient (Wildman–Crippen LogP) is 8.31. The lowest BCUT2D eigenvalue weighted by molar-refractivity contribution is 0.348. The highest BCUT2D eigenvalue weighted by atomic mass is 32.1. The van der Waals surface area contributed by atoms with Crippen LogP contribution in [0.25, 0.3) is 51.5 Å². The molecule has 0 atom stereocenters. The van der Waals surface area contributed by atoms with Crippen LogP contribution in [0.4, 0.5) is 0 Å². The van der Waals surface area contributed by atoms with E-state index in [2.05, 4.69) is 53.4 Å². The molecule has 8 nitrogen and oxygen atoms in total. The summed E-state index contributed by atoms with van der Waals surface area (Å²) >= 11 is 2.53. The number of nitrogens with zero attached hydrogens (tertiary/aromatic N) is 6. The number of nitriles is 3. The van der Waals surface area contributed by atoms with Gasteiger partial charge in [-0.1, -0.05) is 69.9 Å². The molecule has 10 heteroatoms. The second kappa shape index (κ2) is 15.2. The maximum atomic E-state index is 13.9. The van der Waals surface area contributed by atoms with Gasteiger partial charge < -0.3 is 4.57 Å². The Kier molecular flexibility index (Phi) is 9.90. The van der Waals surface area contributed by atoms with Crippen LogP contribution in [0, 0.1) is 40.6 Å². The van der Waals surface area contributed by atoms with Crippen LogP contribution in [-0.2, 0) is 29.3 Å². The van der Waals surface area contributed by atoms with Crippen LogP contribution in [-0.4, -0.2) is 9.13 Å². The third-order valence-electron chi connectivity index (χ3n) is 15.5. The number of hydrogen-bond donors (Lipinski definition) is 0. The minimum absolute atomic E-state index is 0.0239. The molecule has 62 heavy (non-hydrogen) atoms. The van der Waals surface area contributed by atoms with E-state index in [0.717, 1.165) is 64.2 Å². The van der Waals surface area contributed by atoms with Gasteiger partial charge in [0, 0.05) is 29.3 Å². The van der Waals surface area contributed by atoms with E-state index in [-0.39, 0.29) is 38.6 Å². The van der Waals surface area contributed by atoms with Gasteiger partial charge in [-0.3, -0.25) is 14.2 Å². The Labute approximate surface area is 369 Å². The molecule has 3 fully saturated rings. The predicted molar refractivity (Wildman–Crippen MR) is 247 cm³/mol. The Hall–Kier alpha value is -5.78. The van der Waals surface area contributed by atoms with Gasteiger partial charge in [-0.15, -0.1) is 22.7 Å². The van der Waals surface area contributed by atoms with Crippen molar-refractivity contribution in [2.75, 3.05) is 0 Å². The molecular weight excluding hydrogens is 805 g/mol. The molecule has 310 valence electrons. The van der Waals surface area contributed by atoms with Crippen molar-refractivity contribution in [3.63, 3.8) is 0 Å². The first kappa shape index (κ1) is 40.3. The zero-order valence-electron chi connectivity index (χ0n) is 35.5. The van der Waals surface area contributed by atoms with Crippen molar-refractivity contribution in [3.05, 3.63) is 119 Å². The van der Waals surface area contributed by atoms with Gasteiger partial charge in [0.1, 0.15) is 21.5 Å². The summed E-state index contributed by atoms with van der Waals surface area (Å²) in [4.78, 5) is 31.2. The van der Waals surface area contributed by atoms with E-state index in [9.17, 15) is 25.4 Å². The number of allylic oxidation sites excluding steroid dienone is 2. The molecule has 6 aliphatic carbocycles. The van der Waals surface area contributed by atoms with Crippen molar-refractivity contribution < 1.29 is 0 Å². The minimum atomic E-state index is -0.220. The lowest BCUT2D eigenvalue weighted by atomic mass is 9.65. The largest absolute Gasteiger partial charge is 0.307 e. The minimum Gasteiger partial charge on any atom is -0.307 e. The average molecular weight is 853 g/mol. The van der Waals surface area contributed by atoms with E-state index in [1.54, 1.807) is 9.13 Å². The second-order valence-electron chi connectivity index (χ2n) is 18.2. The van der Waals surface area contributed by atoms with Crippen LogP contribution in [0.2, 0.25) is 0 Å². The zero-order valence-corrected chi connectivity index (χ0v) is 37.1. The molecule has 6 aliphatic rings. The van der Waals surface area contributed by atoms with Crippen molar-refractivity contribution >= 4 is 58.2 Å². The number of hydrogen-bond acceptors (Lipinski definition) is 7. The van der Waals surface area contributed by atoms with Crippen LogP contribution in [0.5, 0.6) is 0 Å². The Morgan fingerprint density at radius 2 is 1.05 bits per heavy atom. The van der Waals surface area contributed by atoms with E-state index >= 15 is 0 Å². The van der Waals surface area contributed by atoms with Crippen molar-refractivity contribution in [2.45, 2.75) is 139 Å². The summed E-state index contributed by atoms with van der Waals surface area (Å²) in [5, 5.41) is 29.2. The summed E-state index contributed by atoms with van der Waals surface area (Å²) in [5.41, 5.74) is 12.3. The molecule has 0 N–H and O–H groups in total. The van der Waals surface area contributed by atoms with Crippen LogP contribution in [0.15, 0.2) is 45.0 Å². The first-order valence-corrected chi connectivity index (χ1v) is 24.2. The lowest BCUT2D eigenvalue weighted by Crippen LogP contribution is -2.33. The van der Waals surface area contributed by atoms with E-state index in [1.165, 1.54) is 110 Å². The molecular formula is C52H48N6O2S2. The van der Waals surface area contributed by atoms with Crippen LogP contribution >= 0.6 is 22.7 Å². The molecule has 0 saturated heterocycles. The van der Waals surface area contributed by atoms with E-state index in [0.29, 0.717) is 31.5 Å². The molecule has 0 unspecified atom stereocenters. The van der Waals surface area contributed by atoms with Crippen molar-refractivity contribution in [3.8, 4) is 29.3 Å². The summed E-state index contributed by atoms with van der Waals surface area (Å²) in [6.07, 6.45) is 25.6. The lowest BCUT2D eigenvalue weighted by Gasteiger charge is -2.38. The molecule has 0 aliphatic heterocycles. The third-order valence-corrected chi connectivity index (χ3v) is 17.7. The quantitative estimate of drug-likeness (QED) is 0.192. The fourth-order valence-electron chi connectivity index (χ4n) is 12.6. The van der Waals surface area contributed by atoms with Crippen molar-refractivity contribution in [1.82, 2.24) is 9.13 Å². The summed E-state index contributed by atoms with van der Waals surface area (Å²) in [7, 11) is 0. The molecule has 3 spiro atoms. The number of aromatic nitrogens is 2. The molecule has 0 radical (unpaired) electrons. The number of rotatable bonds is 4. The highest BCUT2D eigenvalue weighted by Gasteiger charge is 2.50. The standard InChI is InChI=1S/C52H48N6O2S2/c1-4-57-46(59)44(61-48(57)34(29-53)30-54)25-35-21-32-23-41-37(27-39(32)50(35)15-9-6-10-16-50)38-28-40-33(24-42(38)52(41)19-13-8-14-20-52)22-36(51(40)17-11-7-12-18-51)26-45-47(60)58(5-2)49(62-45)43(31-55)56-3/h21-28H,4-20H2,1-2H3/b44-25-,45-26-,49-43-. The molecule has 0 amide bonds. The van der Waals surface area contributed by atoms with Gasteiger partial charge in [-0.05, 0) is 144 Å². The smallest absolute Gasteiger partial charge is 0.294 e. The van der Waals surface area contributed by atoms with Crippen LogP contribution in [0.3, 0.4) is 0 Å². The van der Waals surface area contributed by atoms with Gasteiger partial charge in [-0.25, -0.2) is 10.1 Å². The Bertz CT molecular complexity index is 3000. The maximum absolute atomic E-state index is 13.9. The topological polar surface area (TPSA) is 120 Å². The molecule has 10 rings (SSSR count). The van der Waals surface area contributed by atoms with E-state index in [1.807, 2.05) is 32.1 Å². The molecule has 0 bridgehead atoms. The molecule has 4 aromatic rings. The Balaban J connectivity index is 1.16. The second-order valence-corrected chi connectivity index (χ2v) is 20.3. The normalized spacial score (nSPS) is 20.7. The van der Waals surface area contributed by atoms with Gasteiger partial charge in [0.25, 0.3) is 16.8 Å². The van der Waals surface area contributed by atoms with E-state index < -0.39 is 0 Å². The first-order chi connectivity index (χ1) is 30.2. The first-order valence-electron chi connectivity index (χ1n) is 22.5. The summed E-state index contributed by atoms with van der Waals surface area (Å²) in [6, 6.07) is 16.2. The summed E-state index contributed by atoms with van der Waals surface area (Å²) in [5.74, 6) is 0. The van der Waals surface area contributed by atoms with E-state index in [4.69, 9.17) is 6.57 Å². The molecule has 2 heterocycles. The Morgan fingerprint density at radius 1 is 0.629 bits per heavy atom. The van der Waals surface area contributed by atoms with Crippen LogP contribution < -0.4 is 29.5 Å². The zero-order chi connectivity index (χ0) is 43.0. The van der Waals surface area contributed by atoms with Gasteiger partial charge in [-0.2, -0.15) is 10.5 Å². The van der Waals surface area contributed by atoms with Crippen molar-refractivity contribution in [1.29, 1.82) is 15.8 Å². The summed E-state index contributed by atoms with van der Waals surface area (Å²) < 4.78 is 5.17. The maximum Gasteiger partial charge on any atom is 0.294 e. The monoisotopic (exact) mass is 852 g/mol. The van der Waals surface area contributed by atoms with Gasteiger partial charge in [0.2, 0.25) is 0 Å². The number of benzene rings is 2. The summed E-state index contributed by atoms with van der Waals surface area (Å²) in [6.45, 7) is 12.2. The van der Waals surface area contributed by atoms with Crippen molar-refractivity contribution in [2.24, 2.45) is 0 Å². The Morgan fingerprint density at radius 3 is 1.45 bits per heavy atom. The molecule has 3 saturated carbocycles. The van der Waals surface area contributed by atoms with Crippen LogP contribution in [0.1, 0.15) is 144 Å². The fraction of sp³-hybridized carbons (Fsp3) is 0.423. The SMILES string of the molecule is [C-]#[N+]/C(C#N)=c1\s/c(=C\C2=Cc3cc4c(cc3C23CCCCC3)-c2cc3c(cc2C42CCCCC2)C=C(/C=c2\sc(=C(C#N)C#N)n(CC)c2=O)C32CCCCC2)c(=O)n1CC. The molecule has 2 aromatic carbocycles. The molecule has 2 aromatic heterocycles. The highest BCUT2D eigenvalue weighted by molar-refractivity contribution is 7.07. The van der Waals surface area contributed by atoms with Gasteiger partial charge >= 0.3 is 0 Å². The number of thiazole rings is 2. The fourth-order valence-corrected chi connectivity index (χ4v) is 14.8. The third kappa shape index (κ3) is 5.69. The average Bonchev–Trinajstić information content (AvgIpc) is 4.03. The van der Waals surface area contributed by atoms with Gasteiger partial charge in [0.15, 0.2) is 5.57 Å². The number of fused-ring (bicyclic) bond motifs is 9. The van der Waals surface area contributed by atoms with Gasteiger partial charge in [0.05, 0.1) is 21.7 Å².